The van der Waals surface area contributed by atoms with Crippen LogP contribution in [0.5, 0.6) is 0 Å². The van der Waals surface area contributed by atoms with E-state index in [1.807, 2.05) is 79.7 Å². The zero-order chi connectivity index (χ0) is 20.3. The molecule has 0 amide bonds. The molecule has 5 heteroatoms. The van der Waals surface area contributed by atoms with Crippen LogP contribution in [0.15, 0.2) is 77.4 Å². The normalized spacial score (nSPS) is 13.6. The fourth-order valence-corrected chi connectivity index (χ4v) is 2.91. The highest BCUT2D eigenvalue weighted by Crippen LogP contribution is 2.29. The van der Waals surface area contributed by atoms with E-state index in [1.54, 1.807) is 13.2 Å². The summed E-state index contributed by atoms with van der Waals surface area (Å²) in [5.74, 6) is 1.84. The minimum absolute atomic E-state index is 0.526. The molecule has 0 fully saturated rings. The number of para-hydroxylation sites is 1. The van der Waals surface area contributed by atoms with Crippen molar-refractivity contribution in [3.63, 3.8) is 0 Å². The molecule has 2 aromatic heterocycles. The van der Waals surface area contributed by atoms with Crippen LogP contribution in [0.1, 0.15) is 25.8 Å². The van der Waals surface area contributed by atoms with E-state index in [2.05, 4.69) is 10.3 Å². The topological polar surface area (TPSA) is 71.2 Å². The fraction of sp³-hybridized carbons (Fsp3) is 0.167. The molecule has 146 valence electrons. The van der Waals surface area contributed by atoms with Crippen LogP contribution in [0.25, 0.3) is 28.6 Å². The lowest BCUT2D eigenvalue weighted by atomic mass is 10.0. The second-order valence-electron chi connectivity index (χ2n) is 7.18. The SMILES string of the molecule is CCC(C)(O)C=Cc1ccc2nc(-c3ccco3)nc(Nc3ccccc3)c2c1. The molecule has 0 radical (unpaired) electrons. The molecule has 4 rings (SSSR count). The van der Waals surface area contributed by atoms with Gasteiger partial charge >= 0.3 is 0 Å². The maximum atomic E-state index is 10.3. The molecule has 4 aromatic rings. The number of anilines is 2. The lowest BCUT2D eigenvalue weighted by Crippen LogP contribution is -2.18. The number of rotatable bonds is 6. The Labute approximate surface area is 169 Å². The molecule has 0 aliphatic rings. The second kappa shape index (κ2) is 7.89. The number of benzene rings is 2. The number of hydrogen-bond donors (Lipinski definition) is 2. The average molecular weight is 385 g/mol. The Kier molecular flexibility index (Phi) is 5.14. The summed E-state index contributed by atoms with van der Waals surface area (Å²) < 4.78 is 5.49. The van der Waals surface area contributed by atoms with E-state index in [9.17, 15) is 5.11 Å². The van der Waals surface area contributed by atoms with Crippen LogP contribution in [0.4, 0.5) is 11.5 Å². The van der Waals surface area contributed by atoms with Gasteiger partial charge in [0.2, 0.25) is 0 Å². The first-order chi connectivity index (χ1) is 14.0. The number of aliphatic hydroxyl groups is 1. The molecule has 0 aliphatic heterocycles. The van der Waals surface area contributed by atoms with E-state index in [1.165, 1.54) is 0 Å². The Morgan fingerprint density at radius 3 is 2.62 bits per heavy atom. The number of nitrogens with one attached hydrogen (secondary N) is 1. The molecule has 0 spiro atoms. The Bertz CT molecular complexity index is 1130. The third kappa shape index (κ3) is 4.36. The van der Waals surface area contributed by atoms with Crippen LogP contribution < -0.4 is 5.32 Å². The number of hydrogen-bond acceptors (Lipinski definition) is 5. The molecule has 0 saturated heterocycles. The molecule has 2 heterocycles. The average Bonchev–Trinajstić information content (AvgIpc) is 3.28. The molecular formula is C24H23N3O2. The summed E-state index contributed by atoms with van der Waals surface area (Å²) in [7, 11) is 0. The van der Waals surface area contributed by atoms with Gasteiger partial charge in [0.25, 0.3) is 0 Å². The minimum atomic E-state index is -0.834. The number of nitrogens with zero attached hydrogens (tertiary/aromatic N) is 2. The molecule has 1 unspecified atom stereocenters. The summed E-state index contributed by atoms with van der Waals surface area (Å²) in [6.07, 6.45) is 6.00. The Morgan fingerprint density at radius 2 is 1.90 bits per heavy atom. The molecule has 0 saturated carbocycles. The predicted molar refractivity (Wildman–Crippen MR) is 117 cm³/mol. The fourth-order valence-electron chi connectivity index (χ4n) is 2.91. The van der Waals surface area contributed by atoms with Gasteiger partial charge in [0.15, 0.2) is 11.6 Å². The standard InChI is InChI=1S/C24H23N3O2/c1-3-24(2,28)14-13-17-11-12-20-19(16-17)22(25-18-8-5-4-6-9-18)27-23(26-20)21-10-7-15-29-21/h4-16,28H,3H2,1-2H3,(H,25,26,27). The van der Waals surface area contributed by atoms with Crippen molar-refractivity contribution in [1.82, 2.24) is 9.97 Å². The Morgan fingerprint density at radius 1 is 1.07 bits per heavy atom. The van der Waals surface area contributed by atoms with Gasteiger partial charge in [-0.15, -0.1) is 0 Å². The predicted octanol–water partition coefficient (Wildman–Crippen LogP) is 5.81. The molecular weight excluding hydrogens is 362 g/mol. The smallest absolute Gasteiger partial charge is 0.198 e. The Balaban J connectivity index is 1.81. The quantitative estimate of drug-likeness (QED) is 0.438. The molecule has 2 aromatic carbocycles. The molecule has 0 bridgehead atoms. The van der Waals surface area contributed by atoms with Crippen LogP contribution in [-0.2, 0) is 0 Å². The highest BCUT2D eigenvalue weighted by Gasteiger charge is 2.14. The van der Waals surface area contributed by atoms with Crippen molar-refractivity contribution in [1.29, 1.82) is 0 Å². The van der Waals surface area contributed by atoms with Crippen LogP contribution in [0.2, 0.25) is 0 Å². The number of aromatic nitrogens is 2. The molecule has 0 aliphatic carbocycles. The van der Waals surface area contributed by atoms with Crippen molar-refractivity contribution in [3.8, 4) is 11.6 Å². The maximum absolute atomic E-state index is 10.3. The molecule has 29 heavy (non-hydrogen) atoms. The number of fused-ring (bicyclic) bond motifs is 1. The van der Waals surface area contributed by atoms with Gasteiger partial charge in [0, 0.05) is 11.1 Å². The van der Waals surface area contributed by atoms with Crippen LogP contribution in [0.3, 0.4) is 0 Å². The zero-order valence-electron chi connectivity index (χ0n) is 16.5. The lowest BCUT2D eigenvalue weighted by Gasteiger charge is -2.15. The van der Waals surface area contributed by atoms with Gasteiger partial charge in [0.05, 0.1) is 17.4 Å². The second-order valence-corrected chi connectivity index (χ2v) is 7.18. The van der Waals surface area contributed by atoms with E-state index in [0.29, 0.717) is 23.8 Å². The summed E-state index contributed by atoms with van der Waals surface area (Å²) in [5.41, 5.74) is 1.88. The largest absolute Gasteiger partial charge is 0.461 e. The monoisotopic (exact) mass is 385 g/mol. The zero-order valence-corrected chi connectivity index (χ0v) is 16.5. The summed E-state index contributed by atoms with van der Waals surface area (Å²) in [6, 6.07) is 19.5. The highest BCUT2D eigenvalue weighted by molar-refractivity contribution is 5.93. The number of furan rings is 1. The minimum Gasteiger partial charge on any atom is -0.461 e. The first kappa shape index (κ1) is 18.9. The van der Waals surface area contributed by atoms with Gasteiger partial charge in [-0.25, -0.2) is 9.97 Å². The van der Waals surface area contributed by atoms with E-state index in [0.717, 1.165) is 22.2 Å². The van der Waals surface area contributed by atoms with Crippen molar-refractivity contribution in [2.75, 3.05) is 5.32 Å². The van der Waals surface area contributed by atoms with E-state index >= 15 is 0 Å². The van der Waals surface area contributed by atoms with Crippen LogP contribution in [-0.4, -0.2) is 20.7 Å². The highest BCUT2D eigenvalue weighted by atomic mass is 16.3. The van der Waals surface area contributed by atoms with Gasteiger partial charge in [0.1, 0.15) is 5.82 Å². The van der Waals surface area contributed by atoms with Gasteiger partial charge in [-0.05, 0) is 55.3 Å². The van der Waals surface area contributed by atoms with Gasteiger partial charge in [-0.2, -0.15) is 0 Å². The first-order valence-electron chi connectivity index (χ1n) is 9.63. The third-order valence-electron chi connectivity index (χ3n) is 4.85. The first-order valence-corrected chi connectivity index (χ1v) is 9.63. The maximum Gasteiger partial charge on any atom is 0.198 e. The van der Waals surface area contributed by atoms with Crippen LogP contribution >= 0.6 is 0 Å². The Hall–Kier alpha value is -3.44. The van der Waals surface area contributed by atoms with Gasteiger partial charge < -0.3 is 14.8 Å². The summed E-state index contributed by atoms with van der Waals surface area (Å²) in [5, 5.41) is 14.5. The third-order valence-corrected chi connectivity index (χ3v) is 4.85. The summed E-state index contributed by atoms with van der Waals surface area (Å²) in [4.78, 5) is 9.38. The van der Waals surface area contributed by atoms with E-state index in [-0.39, 0.29) is 0 Å². The molecule has 1 atom stereocenters. The van der Waals surface area contributed by atoms with Crippen LogP contribution in [0, 0.1) is 0 Å². The van der Waals surface area contributed by atoms with Crippen molar-refractivity contribution >= 4 is 28.5 Å². The molecule has 2 N–H and O–H groups in total. The van der Waals surface area contributed by atoms with Crippen molar-refractivity contribution in [2.45, 2.75) is 25.9 Å². The summed E-state index contributed by atoms with van der Waals surface area (Å²) >= 11 is 0. The lowest BCUT2D eigenvalue weighted by molar-refractivity contribution is 0.108. The van der Waals surface area contributed by atoms with Gasteiger partial charge in [-0.3, -0.25) is 0 Å². The van der Waals surface area contributed by atoms with E-state index < -0.39 is 5.60 Å². The van der Waals surface area contributed by atoms with Crippen molar-refractivity contribution in [3.05, 3.63) is 78.6 Å². The van der Waals surface area contributed by atoms with Gasteiger partial charge in [-0.1, -0.05) is 43.3 Å². The van der Waals surface area contributed by atoms with Crippen molar-refractivity contribution in [2.24, 2.45) is 0 Å². The van der Waals surface area contributed by atoms with Crippen molar-refractivity contribution < 1.29 is 9.52 Å². The molecule has 5 nitrogen and oxygen atoms in total. The summed E-state index contributed by atoms with van der Waals surface area (Å²) in [6.45, 7) is 3.75. The van der Waals surface area contributed by atoms with E-state index in [4.69, 9.17) is 9.40 Å².